The van der Waals surface area contributed by atoms with Crippen LogP contribution in [0.1, 0.15) is 26.5 Å². The quantitative estimate of drug-likeness (QED) is 0.711. The largest absolute Gasteiger partial charge is 0.489 e. The lowest BCUT2D eigenvalue weighted by Gasteiger charge is -2.09. The lowest BCUT2D eigenvalue weighted by molar-refractivity contribution is -0.142. The molecule has 0 aliphatic rings. The summed E-state index contributed by atoms with van der Waals surface area (Å²) in [7, 11) is 0. The molecule has 0 saturated heterocycles. The number of rotatable bonds is 4. The minimum Gasteiger partial charge on any atom is -0.489 e. The van der Waals surface area contributed by atoms with Gasteiger partial charge in [-0.15, -0.1) is 0 Å². The Kier molecular flexibility index (Phi) is 4.09. The summed E-state index contributed by atoms with van der Waals surface area (Å²) in [6.07, 6.45) is 1.75. The molecule has 82 valence electrons. The van der Waals surface area contributed by atoms with Gasteiger partial charge in [0.1, 0.15) is 12.4 Å². The Bertz CT molecular complexity index is 319. The van der Waals surface area contributed by atoms with Crippen molar-refractivity contribution < 1.29 is 14.3 Å². The van der Waals surface area contributed by atoms with Gasteiger partial charge in [-0.3, -0.25) is 9.78 Å². The number of carbonyl (C=O) groups is 1. The van der Waals surface area contributed by atoms with Crippen LogP contribution < -0.4 is 4.74 Å². The molecule has 0 atom stereocenters. The Balaban J connectivity index is 2.52. The summed E-state index contributed by atoms with van der Waals surface area (Å²) in [5.74, 6) is 0.413. The monoisotopic (exact) mass is 209 g/mol. The Morgan fingerprint density at radius 1 is 1.47 bits per heavy atom. The molecule has 0 saturated carbocycles. The minimum atomic E-state index is -0.306. The lowest BCUT2D eigenvalue weighted by atomic mass is 10.3. The van der Waals surface area contributed by atoms with E-state index in [-0.39, 0.29) is 18.7 Å². The molecule has 1 aromatic rings. The molecule has 15 heavy (non-hydrogen) atoms. The summed E-state index contributed by atoms with van der Waals surface area (Å²) in [6.45, 7) is 5.48. The van der Waals surface area contributed by atoms with Crippen molar-refractivity contribution in [2.75, 3.05) is 0 Å². The SMILES string of the molecule is CC(=O)OCc1ccc(OC(C)C)cn1. The smallest absolute Gasteiger partial charge is 0.303 e. The third-order valence-electron chi connectivity index (χ3n) is 1.59. The molecule has 4 heteroatoms. The lowest BCUT2D eigenvalue weighted by Crippen LogP contribution is -2.06. The van der Waals surface area contributed by atoms with Crippen molar-refractivity contribution in [3.05, 3.63) is 24.0 Å². The molecular weight excluding hydrogens is 194 g/mol. The molecule has 0 fully saturated rings. The van der Waals surface area contributed by atoms with E-state index in [0.717, 1.165) is 5.75 Å². The highest BCUT2D eigenvalue weighted by molar-refractivity contribution is 5.65. The van der Waals surface area contributed by atoms with Crippen LogP contribution in [0.3, 0.4) is 0 Å². The molecule has 0 bridgehead atoms. The van der Waals surface area contributed by atoms with Gasteiger partial charge in [0.05, 0.1) is 18.0 Å². The van der Waals surface area contributed by atoms with Crippen LogP contribution in [0, 0.1) is 0 Å². The van der Waals surface area contributed by atoms with E-state index in [1.165, 1.54) is 6.92 Å². The predicted octanol–water partition coefficient (Wildman–Crippen LogP) is 1.93. The van der Waals surface area contributed by atoms with Gasteiger partial charge in [0.2, 0.25) is 0 Å². The Morgan fingerprint density at radius 3 is 2.67 bits per heavy atom. The molecule has 0 aromatic carbocycles. The fourth-order valence-electron chi connectivity index (χ4n) is 1.01. The van der Waals surface area contributed by atoms with Crippen molar-refractivity contribution in [2.24, 2.45) is 0 Å². The normalized spacial score (nSPS) is 10.1. The van der Waals surface area contributed by atoms with E-state index < -0.39 is 0 Å². The zero-order valence-electron chi connectivity index (χ0n) is 9.19. The fourth-order valence-corrected chi connectivity index (χ4v) is 1.01. The molecule has 0 unspecified atom stereocenters. The van der Waals surface area contributed by atoms with Gasteiger partial charge >= 0.3 is 5.97 Å². The van der Waals surface area contributed by atoms with Crippen molar-refractivity contribution in [1.82, 2.24) is 4.98 Å². The van der Waals surface area contributed by atoms with Crippen molar-refractivity contribution in [3.8, 4) is 5.75 Å². The number of hydrogen-bond donors (Lipinski definition) is 0. The van der Waals surface area contributed by atoms with Crippen LogP contribution in [0.15, 0.2) is 18.3 Å². The van der Waals surface area contributed by atoms with E-state index >= 15 is 0 Å². The second-order valence-electron chi connectivity index (χ2n) is 3.43. The van der Waals surface area contributed by atoms with Crippen molar-refractivity contribution in [2.45, 2.75) is 33.5 Å². The van der Waals surface area contributed by atoms with Gasteiger partial charge in [0, 0.05) is 6.92 Å². The number of ether oxygens (including phenoxy) is 2. The number of aromatic nitrogens is 1. The molecule has 0 spiro atoms. The molecular formula is C11H15NO3. The van der Waals surface area contributed by atoms with Gasteiger partial charge in [-0.05, 0) is 26.0 Å². The average molecular weight is 209 g/mol. The van der Waals surface area contributed by atoms with Crippen LogP contribution in [0.4, 0.5) is 0 Å². The summed E-state index contributed by atoms with van der Waals surface area (Å²) in [5.41, 5.74) is 0.710. The van der Waals surface area contributed by atoms with Crippen LogP contribution in [0.2, 0.25) is 0 Å². The van der Waals surface area contributed by atoms with Crippen LogP contribution in [-0.4, -0.2) is 17.1 Å². The molecule has 1 heterocycles. The van der Waals surface area contributed by atoms with Crippen LogP contribution in [0.25, 0.3) is 0 Å². The first-order chi connectivity index (χ1) is 7.08. The first-order valence-electron chi connectivity index (χ1n) is 4.83. The van der Waals surface area contributed by atoms with Gasteiger partial charge in [-0.25, -0.2) is 0 Å². The van der Waals surface area contributed by atoms with E-state index in [1.807, 2.05) is 19.9 Å². The van der Waals surface area contributed by atoms with Gasteiger partial charge in [0.15, 0.2) is 0 Å². The van der Waals surface area contributed by atoms with Crippen LogP contribution in [0.5, 0.6) is 5.75 Å². The average Bonchev–Trinajstić information content (AvgIpc) is 2.16. The maximum Gasteiger partial charge on any atom is 0.303 e. The van der Waals surface area contributed by atoms with E-state index in [2.05, 4.69) is 4.98 Å². The summed E-state index contributed by atoms with van der Waals surface area (Å²) >= 11 is 0. The Morgan fingerprint density at radius 2 is 2.20 bits per heavy atom. The van der Waals surface area contributed by atoms with Crippen LogP contribution >= 0.6 is 0 Å². The van der Waals surface area contributed by atoms with Crippen molar-refractivity contribution in [3.63, 3.8) is 0 Å². The minimum absolute atomic E-state index is 0.131. The Labute approximate surface area is 89.2 Å². The second-order valence-corrected chi connectivity index (χ2v) is 3.43. The number of pyridine rings is 1. The Hall–Kier alpha value is -1.58. The van der Waals surface area contributed by atoms with Gasteiger partial charge in [-0.1, -0.05) is 0 Å². The predicted molar refractivity (Wildman–Crippen MR) is 55.5 cm³/mol. The third kappa shape index (κ3) is 4.44. The number of nitrogens with zero attached hydrogens (tertiary/aromatic N) is 1. The molecule has 0 aliphatic carbocycles. The standard InChI is InChI=1S/C11H15NO3/c1-8(2)15-11-5-4-10(12-6-11)7-14-9(3)13/h4-6,8H,7H2,1-3H3. The number of hydrogen-bond acceptors (Lipinski definition) is 4. The van der Waals surface area contributed by atoms with E-state index in [9.17, 15) is 4.79 Å². The van der Waals surface area contributed by atoms with E-state index in [0.29, 0.717) is 5.69 Å². The highest BCUT2D eigenvalue weighted by atomic mass is 16.5. The first-order valence-corrected chi connectivity index (χ1v) is 4.83. The third-order valence-corrected chi connectivity index (χ3v) is 1.59. The van der Waals surface area contributed by atoms with Gasteiger partial charge in [0.25, 0.3) is 0 Å². The maximum absolute atomic E-state index is 10.6. The molecule has 1 aromatic heterocycles. The molecule has 4 nitrogen and oxygen atoms in total. The number of carbonyl (C=O) groups excluding carboxylic acids is 1. The summed E-state index contributed by atoms with van der Waals surface area (Å²) in [5, 5.41) is 0. The summed E-state index contributed by atoms with van der Waals surface area (Å²) in [6, 6.07) is 3.59. The first kappa shape index (κ1) is 11.5. The van der Waals surface area contributed by atoms with Crippen LogP contribution in [-0.2, 0) is 16.1 Å². The van der Waals surface area contributed by atoms with Gasteiger partial charge in [-0.2, -0.15) is 0 Å². The van der Waals surface area contributed by atoms with E-state index in [1.54, 1.807) is 12.3 Å². The molecule has 0 N–H and O–H groups in total. The molecule has 0 amide bonds. The number of esters is 1. The van der Waals surface area contributed by atoms with Crippen molar-refractivity contribution >= 4 is 5.97 Å². The summed E-state index contributed by atoms with van der Waals surface area (Å²) in [4.78, 5) is 14.7. The molecule has 0 aliphatic heterocycles. The maximum atomic E-state index is 10.6. The zero-order valence-corrected chi connectivity index (χ0v) is 9.19. The van der Waals surface area contributed by atoms with Crippen molar-refractivity contribution in [1.29, 1.82) is 0 Å². The second kappa shape index (κ2) is 5.34. The molecule has 0 radical (unpaired) electrons. The highest BCUT2D eigenvalue weighted by Crippen LogP contribution is 2.11. The zero-order chi connectivity index (χ0) is 11.3. The topological polar surface area (TPSA) is 48.4 Å². The molecule has 1 rings (SSSR count). The summed E-state index contributed by atoms with van der Waals surface area (Å²) < 4.78 is 10.2. The van der Waals surface area contributed by atoms with E-state index in [4.69, 9.17) is 9.47 Å². The van der Waals surface area contributed by atoms with Gasteiger partial charge < -0.3 is 9.47 Å². The highest BCUT2D eigenvalue weighted by Gasteiger charge is 2.00. The fraction of sp³-hybridized carbons (Fsp3) is 0.455.